The lowest BCUT2D eigenvalue weighted by Crippen LogP contribution is -2.42. The summed E-state index contributed by atoms with van der Waals surface area (Å²) in [4.78, 5) is 33.7. The van der Waals surface area contributed by atoms with Gasteiger partial charge in [0, 0.05) is 16.3 Å². The number of amides is 1. The second-order valence-electron chi connectivity index (χ2n) is 14.1. The number of ether oxygens (including phenoxy) is 2. The minimum Gasteiger partial charge on any atom is -0.459 e. The number of hydrogen-bond acceptors (Lipinski definition) is 8. The van der Waals surface area contributed by atoms with Crippen molar-refractivity contribution >= 4 is 39.2 Å². The lowest BCUT2D eigenvalue weighted by atomic mass is 9.86. The Kier molecular flexibility index (Phi) is 12.4. The molecule has 0 N–H and O–H groups in total. The summed E-state index contributed by atoms with van der Waals surface area (Å²) in [5, 5.41) is 0. The van der Waals surface area contributed by atoms with Gasteiger partial charge in [-0.1, -0.05) is 39.7 Å². The molecule has 0 aliphatic carbocycles. The average molecular weight is 690 g/mol. The zero-order chi connectivity index (χ0) is 35.2. The van der Waals surface area contributed by atoms with E-state index in [-0.39, 0.29) is 29.2 Å². The first-order chi connectivity index (χ1) is 21.7. The van der Waals surface area contributed by atoms with E-state index >= 15 is 0 Å². The van der Waals surface area contributed by atoms with Crippen LogP contribution in [0.1, 0.15) is 97.0 Å². The molecular weight excluding hydrogens is 642 g/mol. The molecule has 3 rings (SSSR count). The molecule has 0 saturated carbocycles. The first kappa shape index (κ1) is 38.1. The van der Waals surface area contributed by atoms with Crippen LogP contribution in [0.15, 0.2) is 59.5 Å². The summed E-state index contributed by atoms with van der Waals surface area (Å²) in [6.45, 7) is 16.2. The molecule has 0 radical (unpaired) electrons. The highest BCUT2D eigenvalue weighted by Gasteiger charge is 2.31. The van der Waals surface area contributed by atoms with Crippen LogP contribution in [0.2, 0.25) is 0 Å². The van der Waals surface area contributed by atoms with E-state index in [0.29, 0.717) is 5.69 Å². The molecular formula is C35H48FN3O6S2. The number of sulfonamides is 1. The van der Waals surface area contributed by atoms with E-state index in [0.717, 1.165) is 46.0 Å². The minimum absolute atomic E-state index is 0.0494. The van der Waals surface area contributed by atoms with Crippen molar-refractivity contribution in [3.05, 3.63) is 75.9 Å². The summed E-state index contributed by atoms with van der Waals surface area (Å²) in [6, 6.07) is 13.5. The second-order valence-corrected chi connectivity index (χ2v) is 17.2. The maximum absolute atomic E-state index is 14.0. The molecule has 0 saturated heterocycles. The number of rotatable bonds is 13. The molecule has 1 aromatic carbocycles. The van der Waals surface area contributed by atoms with E-state index in [1.54, 1.807) is 71.1 Å². The van der Waals surface area contributed by atoms with Crippen molar-refractivity contribution in [3.8, 4) is 0 Å². The van der Waals surface area contributed by atoms with Gasteiger partial charge in [-0.2, -0.15) is 4.31 Å². The van der Waals surface area contributed by atoms with E-state index in [9.17, 15) is 22.4 Å². The molecule has 9 nitrogen and oxygen atoms in total. The van der Waals surface area contributed by atoms with Gasteiger partial charge >= 0.3 is 12.1 Å². The molecule has 0 spiro atoms. The molecule has 0 fully saturated rings. The predicted octanol–water partition coefficient (Wildman–Crippen LogP) is 8.22. The molecule has 1 amide bonds. The van der Waals surface area contributed by atoms with Crippen molar-refractivity contribution < 1.29 is 31.9 Å². The Morgan fingerprint density at radius 3 is 2.11 bits per heavy atom. The van der Waals surface area contributed by atoms with Crippen molar-refractivity contribution in [3.63, 3.8) is 0 Å². The second kappa shape index (κ2) is 15.3. The summed E-state index contributed by atoms with van der Waals surface area (Å²) < 4.78 is 54.0. The summed E-state index contributed by atoms with van der Waals surface area (Å²) in [7, 11) is -4.11. The monoisotopic (exact) mass is 689 g/mol. The van der Waals surface area contributed by atoms with Gasteiger partial charge in [0.2, 0.25) is 10.0 Å². The first-order valence-corrected chi connectivity index (χ1v) is 18.0. The average Bonchev–Trinajstić information content (AvgIpc) is 3.43. The Hall–Kier alpha value is -3.35. The molecule has 2 heterocycles. The molecule has 2 aromatic heterocycles. The lowest BCUT2D eigenvalue weighted by molar-refractivity contribution is -0.153. The molecule has 0 bridgehead atoms. The van der Waals surface area contributed by atoms with Crippen molar-refractivity contribution in [2.45, 2.75) is 116 Å². The molecule has 3 aromatic rings. The van der Waals surface area contributed by atoms with Gasteiger partial charge in [0.05, 0.1) is 17.1 Å². The van der Waals surface area contributed by atoms with Crippen LogP contribution in [-0.2, 0) is 42.8 Å². The van der Waals surface area contributed by atoms with E-state index < -0.39 is 45.6 Å². The van der Waals surface area contributed by atoms with Crippen molar-refractivity contribution in [1.29, 1.82) is 0 Å². The topological polar surface area (TPSA) is 106 Å². The van der Waals surface area contributed by atoms with Crippen LogP contribution in [0.5, 0.6) is 0 Å². The quantitative estimate of drug-likeness (QED) is 0.167. The minimum atomic E-state index is -4.11. The normalized spacial score (nSPS) is 12.7. The van der Waals surface area contributed by atoms with Crippen LogP contribution in [0.25, 0.3) is 0 Å². The number of carbonyl (C=O) groups excluding carboxylic acids is 2. The van der Waals surface area contributed by atoms with Crippen LogP contribution in [0, 0.1) is 5.82 Å². The van der Waals surface area contributed by atoms with Crippen LogP contribution >= 0.6 is 11.3 Å². The number of halogens is 1. The van der Waals surface area contributed by atoms with E-state index in [1.807, 2.05) is 12.1 Å². The van der Waals surface area contributed by atoms with Crippen molar-refractivity contribution in [2.75, 3.05) is 11.4 Å². The van der Waals surface area contributed by atoms with Gasteiger partial charge < -0.3 is 9.47 Å². The number of carbonyl (C=O) groups is 2. The third kappa shape index (κ3) is 11.4. The molecule has 12 heteroatoms. The summed E-state index contributed by atoms with van der Waals surface area (Å²) >= 11 is 1.56. The van der Waals surface area contributed by atoms with E-state index in [4.69, 9.17) is 9.47 Å². The Balaban J connectivity index is 2.01. The number of pyridine rings is 1. The summed E-state index contributed by atoms with van der Waals surface area (Å²) in [5.41, 5.74) is -1.38. The summed E-state index contributed by atoms with van der Waals surface area (Å²) in [6.07, 6.45) is 2.37. The number of anilines is 1. The van der Waals surface area contributed by atoms with Gasteiger partial charge in [-0.15, -0.1) is 11.3 Å². The Morgan fingerprint density at radius 2 is 1.51 bits per heavy atom. The van der Waals surface area contributed by atoms with Crippen LogP contribution in [0.3, 0.4) is 0 Å². The highest BCUT2D eigenvalue weighted by Crippen LogP contribution is 2.35. The van der Waals surface area contributed by atoms with Gasteiger partial charge in [-0.25, -0.2) is 22.6 Å². The van der Waals surface area contributed by atoms with Crippen molar-refractivity contribution in [1.82, 2.24) is 9.29 Å². The van der Waals surface area contributed by atoms with Gasteiger partial charge in [-0.3, -0.25) is 9.69 Å². The SMILES string of the molecule is CCCCC(C)(C)c1ccc(CN(Cc2cccc(N(CC(=O)OC(C)(C)C)C(=O)OC(C)(C)C)n2)S(=O)(=O)c2ccc(F)cc2)s1. The van der Waals surface area contributed by atoms with Gasteiger partial charge in [0.15, 0.2) is 0 Å². The van der Waals surface area contributed by atoms with Crippen LogP contribution < -0.4 is 4.90 Å². The zero-order valence-corrected chi connectivity index (χ0v) is 30.6. The Morgan fingerprint density at radius 1 is 0.872 bits per heavy atom. The number of benzene rings is 1. The smallest absolute Gasteiger partial charge is 0.416 e. The van der Waals surface area contributed by atoms with Crippen molar-refractivity contribution in [2.24, 2.45) is 0 Å². The number of thiophene rings is 1. The Bertz CT molecular complexity index is 1620. The van der Waals surface area contributed by atoms with Crippen LogP contribution in [-0.4, -0.2) is 47.5 Å². The van der Waals surface area contributed by atoms with Gasteiger partial charge in [-0.05, 0) is 102 Å². The highest BCUT2D eigenvalue weighted by atomic mass is 32.2. The number of unbranched alkanes of at least 4 members (excludes halogenated alkanes) is 1. The third-order valence-corrected chi connectivity index (χ3v) is 10.2. The lowest BCUT2D eigenvalue weighted by Gasteiger charge is -2.28. The third-order valence-electron chi connectivity index (χ3n) is 7.00. The first-order valence-electron chi connectivity index (χ1n) is 15.7. The Labute approximate surface area is 283 Å². The number of hydrogen-bond donors (Lipinski definition) is 0. The van der Waals surface area contributed by atoms with E-state index in [2.05, 4.69) is 25.8 Å². The number of esters is 1. The predicted molar refractivity (Wildman–Crippen MR) is 183 cm³/mol. The fourth-order valence-corrected chi connectivity index (χ4v) is 7.29. The number of nitrogens with zero attached hydrogens (tertiary/aromatic N) is 3. The maximum atomic E-state index is 14.0. The standard InChI is InChI=1S/C35H48FN3O6S2/c1-10-11-21-35(8,9)29-20-17-27(46-29)23-38(47(42,43)28-18-15-25(36)16-19-28)22-26-13-12-14-30(37-26)39(32(41)45-34(5,6)7)24-31(40)44-33(2,3)4/h12-20H,10-11,21-24H2,1-9H3. The largest absolute Gasteiger partial charge is 0.459 e. The highest BCUT2D eigenvalue weighted by molar-refractivity contribution is 7.89. The van der Waals surface area contributed by atoms with Crippen LogP contribution in [0.4, 0.5) is 15.0 Å². The van der Waals surface area contributed by atoms with E-state index in [1.165, 1.54) is 16.4 Å². The summed E-state index contributed by atoms with van der Waals surface area (Å²) in [5.74, 6) is -1.11. The molecule has 47 heavy (non-hydrogen) atoms. The zero-order valence-electron chi connectivity index (χ0n) is 28.9. The number of aromatic nitrogens is 1. The molecule has 258 valence electrons. The molecule has 0 aliphatic heterocycles. The molecule has 0 atom stereocenters. The van der Waals surface area contributed by atoms with Gasteiger partial charge in [0.1, 0.15) is 29.4 Å². The fraction of sp³-hybridized carbons (Fsp3) is 0.514. The molecule has 0 unspecified atom stereocenters. The van der Waals surface area contributed by atoms with Gasteiger partial charge in [0.25, 0.3) is 0 Å². The maximum Gasteiger partial charge on any atom is 0.416 e. The molecule has 0 aliphatic rings. The fourth-order valence-electron chi connectivity index (χ4n) is 4.67.